The molecule has 0 unspecified atom stereocenters. The van der Waals surface area contributed by atoms with E-state index in [4.69, 9.17) is 5.26 Å². The van der Waals surface area contributed by atoms with Gasteiger partial charge in [0.15, 0.2) is 0 Å². The summed E-state index contributed by atoms with van der Waals surface area (Å²) in [5, 5.41) is 11.2. The number of hydrogen-bond donors (Lipinski definition) is 1. The number of benzene rings is 2. The van der Waals surface area contributed by atoms with E-state index in [1.807, 2.05) is 42.5 Å². The summed E-state index contributed by atoms with van der Waals surface area (Å²) in [5.41, 5.74) is 0.766. The average molecular weight is 393 g/mol. The minimum atomic E-state index is -0.0893. The fraction of sp³-hybridized carbons (Fsp3) is 0.125. The molecule has 0 spiro atoms. The third kappa shape index (κ3) is 5.76. The fourth-order valence-corrected chi connectivity index (χ4v) is 3.16. The van der Waals surface area contributed by atoms with Gasteiger partial charge in [-0.25, -0.2) is 0 Å². The lowest BCUT2D eigenvalue weighted by Crippen LogP contribution is -2.14. The molecule has 1 amide bonds. The molecule has 0 atom stereocenters. The quantitative estimate of drug-likeness (QED) is 0.717. The van der Waals surface area contributed by atoms with Crippen LogP contribution in [0, 0.1) is 11.3 Å². The molecule has 1 N–H and O–H groups in total. The number of nitrogens with zero attached hydrogens (tertiary/aromatic N) is 1. The zero-order valence-electron chi connectivity index (χ0n) is 11.6. The Hall–Kier alpha value is -1.42. The van der Waals surface area contributed by atoms with Crippen LogP contribution in [0.15, 0.2) is 62.8 Å². The Morgan fingerprint density at radius 2 is 1.68 bits per heavy atom. The summed E-state index contributed by atoms with van der Waals surface area (Å²) >= 11 is 6.39. The van der Waals surface area contributed by atoms with E-state index in [-0.39, 0.29) is 5.91 Å². The molecular weight excluding hydrogens is 380 g/mol. The van der Waals surface area contributed by atoms with E-state index in [2.05, 4.69) is 33.4 Å². The molecule has 0 fully saturated rings. The minimum Gasteiger partial charge on any atom is -0.325 e. The van der Waals surface area contributed by atoms with Crippen molar-refractivity contribution in [3.8, 4) is 6.07 Å². The van der Waals surface area contributed by atoms with Crippen LogP contribution in [-0.2, 0) is 4.79 Å². The maximum absolute atomic E-state index is 11.6. The van der Waals surface area contributed by atoms with Gasteiger partial charge in [-0.2, -0.15) is 5.26 Å². The van der Waals surface area contributed by atoms with Crippen molar-refractivity contribution in [3.05, 3.63) is 53.0 Å². The molecule has 22 heavy (non-hydrogen) atoms. The van der Waals surface area contributed by atoms with Crippen molar-refractivity contribution < 1.29 is 4.79 Å². The largest absolute Gasteiger partial charge is 0.325 e. The summed E-state index contributed by atoms with van der Waals surface area (Å²) < 4.78 is 1.06. The molecule has 0 heterocycles. The first-order chi connectivity index (χ1) is 10.7. The first kappa shape index (κ1) is 16.9. The number of amides is 1. The van der Waals surface area contributed by atoms with Crippen LogP contribution in [0.3, 0.4) is 0 Å². The van der Waals surface area contributed by atoms with E-state index in [0.717, 1.165) is 20.0 Å². The smallest absolute Gasteiger partial charge is 0.234 e. The van der Waals surface area contributed by atoms with Gasteiger partial charge in [-0.1, -0.05) is 27.7 Å². The van der Waals surface area contributed by atoms with Crippen LogP contribution in [0.5, 0.6) is 0 Å². The first-order valence-corrected chi connectivity index (χ1v) is 9.22. The number of rotatable bonds is 6. The van der Waals surface area contributed by atoms with Gasteiger partial charge in [-0.15, -0.1) is 11.8 Å². The molecule has 0 radical (unpaired) electrons. The van der Waals surface area contributed by atoms with Crippen LogP contribution < -0.4 is 5.32 Å². The molecule has 2 rings (SSSR count). The maximum atomic E-state index is 11.6. The topological polar surface area (TPSA) is 52.9 Å². The van der Waals surface area contributed by atoms with Crippen molar-refractivity contribution in [1.82, 2.24) is 0 Å². The number of anilines is 1. The summed E-state index contributed by atoms with van der Waals surface area (Å²) in [6, 6.07) is 17.8. The molecule has 0 aromatic heterocycles. The second-order valence-electron chi connectivity index (χ2n) is 4.28. The number of halogens is 1. The zero-order valence-corrected chi connectivity index (χ0v) is 14.8. The van der Waals surface area contributed by atoms with Crippen molar-refractivity contribution in [2.45, 2.75) is 9.79 Å². The van der Waals surface area contributed by atoms with Gasteiger partial charge in [0.05, 0.1) is 17.6 Å². The van der Waals surface area contributed by atoms with Crippen LogP contribution in [0.4, 0.5) is 5.69 Å². The highest BCUT2D eigenvalue weighted by molar-refractivity contribution is 9.10. The van der Waals surface area contributed by atoms with E-state index in [1.54, 1.807) is 11.8 Å². The molecule has 0 saturated carbocycles. The average Bonchev–Trinajstić information content (AvgIpc) is 2.52. The second-order valence-corrected chi connectivity index (χ2v) is 7.33. The number of hydrogen-bond acceptors (Lipinski definition) is 4. The SMILES string of the molecule is N#CCSCC(=O)Nc1ccc(Sc2ccc(Br)cc2)cc1. The molecule has 0 aliphatic carbocycles. The Labute approximate surface area is 146 Å². The first-order valence-electron chi connectivity index (χ1n) is 6.45. The monoisotopic (exact) mass is 392 g/mol. The molecule has 2 aromatic carbocycles. The van der Waals surface area contributed by atoms with Gasteiger partial charge < -0.3 is 5.32 Å². The summed E-state index contributed by atoms with van der Waals surface area (Å²) in [4.78, 5) is 13.9. The van der Waals surface area contributed by atoms with Gasteiger partial charge in [0, 0.05) is 20.0 Å². The highest BCUT2D eigenvalue weighted by Gasteiger charge is 2.03. The Bertz CT molecular complexity index is 666. The number of nitriles is 1. The predicted octanol–water partition coefficient (Wildman–Crippen LogP) is 4.80. The van der Waals surface area contributed by atoms with E-state index in [1.165, 1.54) is 11.8 Å². The molecule has 0 aliphatic rings. The summed E-state index contributed by atoms with van der Waals surface area (Å²) in [5.74, 6) is 0.535. The summed E-state index contributed by atoms with van der Waals surface area (Å²) in [6.07, 6.45) is 0. The van der Waals surface area contributed by atoms with Crippen molar-refractivity contribution in [1.29, 1.82) is 5.26 Å². The van der Waals surface area contributed by atoms with Crippen molar-refractivity contribution in [2.24, 2.45) is 0 Å². The molecule has 3 nitrogen and oxygen atoms in total. The third-order valence-corrected chi connectivity index (χ3v) is 4.93. The maximum Gasteiger partial charge on any atom is 0.234 e. The molecule has 6 heteroatoms. The van der Waals surface area contributed by atoms with Crippen molar-refractivity contribution in [2.75, 3.05) is 16.8 Å². The molecular formula is C16H13BrN2OS2. The normalized spacial score (nSPS) is 10.0. The van der Waals surface area contributed by atoms with Gasteiger partial charge in [-0.05, 0) is 48.5 Å². The Morgan fingerprint density at radius 1 is 1.09 bits per heavy atom. The van der Waals surface area contributed by atoms with Crippen LogP contribution in [0.2, 0.25) is 0 Å². The lowest BCUT2D eigenvalue weighted by Gasteiger charge is -2.06. The zero-order chi connectivity index (χ0) is 15.8. The Balaban J connectivity index is 1.88. The van der Waals surface area contributed by atoms with Gasteiger partial charge in [0.1, 0.15) is 0 Å². The lowest BCUT2D eigenvalue weighted by atomic mass is 10.3. The number of carbonyl (C=O) groups is 1. The molecule has 2 aromatic rings. The third-order valence-electron chi connectivity index (χ3n) is 2.59. The molecule has 0 aliphatic heterocycles. The van der Waals surface area contributed by atoms with Crippen LogP contribution in [0.25, 0.3) is 0 Å². The van der Waals surface area contributed by atoms with Gasteiger partial charge >= 0.3 is 0 Å². The minimum absolute atomic E-state index is 0.0893. The van der Waals surface area contributed by atoms with E-state index >= 15 is 0 Å². The van der Waals surface area contributed by atoms with Crippen LogP contribution >= 0.6 is 39.5 Å². The standard InChI is InChI=1S/C16H13BrN2OS2/c17-12-1-5-14(6-2-12)22-15-7-3-13(4-8-15)19-16(20)11-21-10-9-18/h1-8H,10-11H2,(H,19,20). The number of thioether (sulfide) groups is 1. The van der Waals surface area contributed by atoms with Gasteiger partial charge in [0.2, 0.25) is 5.91 Å². The summed E-state index contributed by atoms with van der Waals surface area (Å²) in [6.45, 7) is 0. The van der Waals surface area contributed by atoms with Crippen molar-refractivity contribution >= 4 is 51.0 Å². The van der Waals surface area contributed by atoms with E-state index < -0.39 is 0 Å². The Kier molecular flexibility index (Phi) is 6.84. The highest BCUT2D eigenvalue weighted by Crippen LogP contribution is 2.29. The molecule has 0 bridgehead atoms. The van der Waals surface area contributed by atoms with Crippen LogP contribution in [-0.4, -0.2) is 17.4 Å². The Morgan fingerprint density at radius 3 is 2.27 bits per heavy atom. The van der Waals surface area contributed by atoms with Crippen molar-refractivity contribution in [3.63, 3.8) is 0 Å². The second kappa shape index (κ2) is 8.89. The predicted molar refractivity (Wildman–Crippen MR) is 96.3 cm³/mol. The van der Waals surface area contributed by atoms with E-state index in [0.29, 0.717) is 11.5 Å². The lowest BCUT2D eigenvalue weighted by molar-refractivity contribution is -0.113. The van der Waals surface area contributed by atoms with E-state index in [9.17, 15) is 4.79 Å². The fourth-order valence-electron chi connectivity index (χ4n) is 1.63. The van der Waals surface area contributed by atoms with Crippen LogP contribution in [0.1, 0.15) is 0 Å². The number of nitrogens with one attached hydrogen (secondary N) is 1. The summed E-state index contributed by atoms with van der Waals surface area (Å²) in [7, 11) is 0. The molecule has 0 saturated heterocycles. The van der Waals surface area contributed by atoms with Gasteiger partial charge in [-0.3, -0.25) is 4.79 Å². The van der Waals surface area contributed by atoms with Gasteiger partial charge in [0.25, 0.3) is 0 Å². The molecule has 112 valence electrons. The highest BCUT2D eigenvalue weighted by atomic mass is 79.9. The number of carbonyl (C=O) groups excluding carboxylic acids is 1.